The first-order valence-electron chi connectivity index (χ1n) is 8.18. The molecule has 0 N–H and O–H groups in total. The molecule has 0 unspecified atom stereocenters. The van der Waals surface area contributed by atoms with Crippen LogP contribution in [-0.4, -0.2) is 24.8 Å². The van der Waals surface area contributed by atoms with E-state index in [1.54, 1.807) is 17.9 Å². The smallest absolute Gasteiger partial charge is 0.264 e. The summed E-state index contributed by atoms with van der Waals surface area (Å²) in [6, 6.07) is 13.2. The van der Waals surface area contributed by atoms with Crippen molar-refractivity contribution in [3.63, 3.8) is 0 Å². The molecule has 2 aromatic carbocycles. The van der Waals surface area contributed by atoms with E-state index in [1.807, 2.05) is 43.3 Å². The van der Waals surface area contributed by atoms with Gasteiger partial charge in [-0.3, -0.25) is 9.59 Å². The average molecular weight is 323 g/mol. The van der Waals surface area contributed by atoms with Crippen LogP contribution < -0.4 is 9.64 Å². The number of amides is 1. The second-order valence-corrected chi connectivity index (χ2v) is 6.15. The molecule has 0 saturated carbocycles. The van der Waals surface area contributed by atoms with Crippen molar-refractivity contribution in [1.29, 1.82) is 0 Å². The molecule has 0 spiro atoms. The van der Waals surface area contributed by atoms with Gasteiger partial charge in [-0.25, -0.2) is 0 Å². The molecule has 1 amide bonds. The Balaban J connectivity index is 1.74. The molecule has 0 atom stereocenters. The Kier molecular flexibility index (Phi) is 4.65. The number of rotatable bonds is 4. The molecule has 1 aliphatic heterocycles. The highest BCUT2D eigenvalue weighted by Crippen LogP contribution is 2.28. The molecule has 0 bridgehead atoms. The Morgan fingerprint density at radius 1 is 1.17 bits per heavy atom. The number of hydrogen-bond acceptors (Lipinski definition) is 3. The van der Waals surface area contributed by atoms with E-state index in [1.165, 1.54) is 0 Å². The Bertz CT molecular complexity index is 782. The standard InChI is InChI=1S/C20H21NO3/c1-14-5-3-7-18(11-14)24-13-20(23)21-10-4-6-17-12-16(15(2)22)8-9-19(17)21/h3,5,7-9,11-12H,4,6,10,13H2,1-2H3. The van der Waals surface area contributed by atoms with Crippen LogP contribution in [0, 0.1) is 6.92 Å². The van der Waals surface area contributed by atoms with Gasteiger partial charge in [-0.15, -0.1) is 0 Å². The lowest BCUT2D eigenvalue weighted by atomic mass is 9.98. The van der Waals surface area contributed by atoms with Gasteiger partial charge in [-0.05, 0) is 68.1 Å². The highest BCUT2D eigenvalue weighted by molar-refractivity contribution is 5.98. The minimum Gasteiger partial charge on any atom is -0.484 e. The highest BCUT2D eigenvalue weighted by Gasteiger charge is 2.23. The molecule has 0 fully saturated rings. The zero-order chi connectivity index (χ0) is 17.1. The Morgan fingerprint density at radius 3 is 2.75 bits per heavy atom. The van der Waals surface area contributed by atoms with Gasteiger partial charge in [0.1, 0.15) is 5.75 Å². The maximum atomic E-state index is 12.6. The van der Waals surface area contributed by atoms with Crippen molar-refractivity contribution in [1.82, 2.24) is 0 Å². The van der Waals surface area contributed by atoms with Crippen LogP contribution in [0.1, 0.15) is 34.8 Å². The van der Waals surface area contributed by atoms with Gasteiger partial charge in [-0.2, -0.15) is 0 Å². The third-order valence-electron chi connectivity index (χ3n) is 4.26. The van der Waals surface area contributed by atoms with Crippen molar-refractivity contribution in [2.45, 2.75) is 26.7 Å². The summed E-state index contributed by atoms with van der Waals surface area (Å²) >= 11 is 0. The number of ketones is 1. The Morgan fingerprint density at radius 2 is 2.00 bits per heavy atom. The Labute approximate surface area is 142 Å². The summed E-state index contributed by atoms with van der Waals surface area (Å²) < 4.78 is 5.63. The highest BCUT2D eigenvalue weighted by atomic mass is 16.5. The lowest BCUT2D eigenvalue weighted by Crippen LogP contribution is -2.38. The predicted octanol–water partition coefficient (Wildman–Crippen LogP) is 3.56. The fourth-order valence-corrected chi connectivity index (χ4v) is 3.00. The van der Waals surface area contributed by atoms with E-state index in [-0.39, 0.29) is 18.3 Å². The van der Waals surface area contributed by atoms with Gasteiger partial charge >= 0.3 is 0 Å². The molecule has 3 rings (SSSR count). The molecule has 0 radical (unpaired) electrons. The van der Waals surface area contributed by atoms with Crippen molar-refractivity contribution >= 4 is 17.4 Å². The molecule has 4 heteroatoms. The fraction of sp³-hybridized carbons (Fsp3) is 0.300. The quantitative estimate of drug-likeness (QED) is 0.808. The third kappa shape index (κ3) is 3.48. The number of carbonyl (C=O) groups excluding carboxylic acids is 2. The number of anilines is 1. The second-order valence-electron chi connectivity index (χ2n) is 6.15. The number of nitrogens with zero attached hydrogens (tertiary/aromatic N) is 1. The van der Waals surface area contributed by atoms with Gasteiger partial charge in [0.05, 0.1) is 0 Å². The zero-order valence-electron chi connectivity index (χ0n) is 14.0. The van der Waals surface area contributed by atoms with Gasteiger partial charge < -0.3 is 9.64 Å². The van der Waals surface area contributed by atoms with Crippen LogP contribution in [0.3, 0.4) is 0 Å². The lowest BCUT2D eigenvalue weighted by Gasteiger charge is -2.29. The molecular weight excluding hydrogens is 302 g/mol. The second kappa shape index (κ2) is 6.87. The summed E-state index contributed by atoms with van der Waals surface area (Å²) in [6.07, 6.45) is 1.78. The molecule has 4 nitrogen and oxygen atoms in total. The SMILES string of the molecule is CC(=O)c1ccc2c(c1)CCCN2C(=O)COc1cccc(C)c1. The molecule has 1 heterocycles. The van der Waals surface area contributed by atoms with Crippen molar-refractivity contribution in [3.8, 4) is 5.75 Å². The Hall–Kier alpha value is -2.62. The largest absolute Gasteiger partial charge is 0.484 e. The maximum Gasteiger partial charge on any atom is 0.264 e. The molecule has 1 aliphatic rings. The number of ether oxygens (including phenoxy) is 1. The predicted molar refractivity (Wildman–Crippen MR) is 93.8 cm³/mol. The van der Waals surface area contributed by atoms with Gasteiger partial charge in [0, 0.05) is 17.8 Å². The van der Waals surface area contributed by atoms with Crippen molar-refractivity contribution in [2.24, 2.45) is 0 Å². The van der Waals surface area contributed by atoms with E-state index in [0.29, 0.717) is 17.9 Å². The van der Waals surface area contributed by atoms with Crippen LogP contribution in [0.4, 0.5) is 5.69 Å². The normalized spacial score (nSPS) is 13.3. The van der Waals surface area contributed by atoms with Crippen molar-refractivity contribution < 1.29 is 14.3 Å². The molecule has 0 aromatic heterocycles. The van der Waals surface area contributed by atoms with Crippen LogP contribution in [0.2, 0.25) is 0 Å². The first kappa shape index (κ1) is 16.2. The monoisotopic (exact) mass is 323 g/mol. The maximum absolute atomic E-state index is 12.6. The molecule has 0 saturated heterocycles. The van der Waals surface area contributed by atoms with Gasteiger partial charge in [0.15, 0.2) is 12.4 Å². The van der Waals surface area contributed by atoms with Gasteiger partial charge in [0.2, 0.25) is 0 Å². The number of aryl methyl sites for hydroxylation is 2. The summed E-state index contributed by atoms with van der Waals surface area (Å²) in [5.41, 5.74) is 3.74. The van der Waals surface area contributed by atoms with Crippen LogP contribution in [0.25, 0.3) is 0 Å². The summed E-state index contributed by atoms with van der Waals surface area (Å²) in [5.74, 6) is 0.685. The van der Waals surface area contributed by atoms with E-state index in [9.17, 15) is 9.59 Å². The first-order valence-corrected chi connectivity index (χ1v) is 8.18. The van der Waals surface area contributed by atoms with Crippen LogP contribution in [-0.2, 0) is 11.2 Å². The summed E-state index contributed by atoms with van der Waals surface area (Å²) in [4.78, 5) is 25.9. The number of Topliss-reactive ketones (excluding diaryl/α,β-unsaturated/α-hetero) is 1. The number of carbonyl (C=O) groups is 2. The van der Waals surface area contributed by atoms with E-state index in [0.717, 1.165) is 29.7 Å². The third-order valence-corrected chi connectivity index (χ3v) is 4.26. The molecule has 124 valence electrons. The minimum atomic E-state index is -0.0620. The minimum absolute atomic E-state index is 0.0113. The fourth-order valence-electron chi connectivity index (χ4n) is 3.00. The van der Waals surface area contributed by atoms with E-state index in [2.05, 4.69) is 0 Å². The van der Waals surface area contributed by atoms with Crippen LogP contribution in [0.5, 0.6) is 5.75 Å². The van der Waals surface area contributed by atoms with Crippen LogP contribution in [0.15, 0.2) is 42.5 Å². The summed E-state index contributed by atoms with van der Waals surface area (Å²) in [6.45, 7) is 4.24. The summed E-state index contributed by atoms with van der Waals surface area (Å²) in [7, 11) is 0. The summed E-state index contributed by atoms with van der Waals surface area (Å²) in [5, 5.41) is 0. The van der Waals surface area contributed by atoms with Gasteiger partial charge in [0.25, 0.3) is 5.91 Å². The molecular formula is C20H21NO3. The van der Waals surface area contributed by atoms with Crippen molar-refractivity contribution in [2.75, 3.05) is 18.1 Å². The molecule has 0 aliphatic carbocycles. The number of benzene rings is 2. The number of fused-ring (bicyclic) bond motifs is 1. The van der Waals surface area contributed by atoms with E-state index >= 15 is 0 Å². The van der Waals surface area contributed by atoms with E-state index < -0.39 is 0 Å². The average Bonchev–Trinajstić information content (AvgIpc) is 2.58. The molecule has 24 heavy (non-hydrogen) atoms. The lowest BCUT2D eigenvalue weighted by molar-refractivity contribution is -0.120. The van der Waals surface area contributed by atoms with Crippen molar-refractivity contribution in [3.05, 3.63) is 59.2 Å². The van der Waals surface area contributed by atoms with Crippen LogP contribution >= 0.6 is 0 Å². The molecule has 2 aromatic rings. The van der Waals surface area contributed by atoms with E-state index in [4.69, 9.17) is 4.74 Å². The topological polar surface area (TPSA) is 46.6 Å². The zero-order valence-corrected chi connectivity index (χ0v) is 14.0. The first-order chi connectivity index (χ1) is 11.5. The van der Waals surface area contributed by atoms with Gasteiger partial charge in [-0.1, -0.05) is 12.1 Å². The number of hydrogen-bond donors (Lipinski definition) is 0.